The molecule has 2 aromatic carbocycles. The molecule has 0 aliphatic carbocycles. The summed E-state index contributed by atoms with van der Waals surface area (Å²) in [6.07, 6.45) is 0.629. The number of hydrogen-bond donors (Lipinski definition) is 1. The lowest BCUT2D eigenvalue weighted by atomic mass is 10.1. The van der Waals surface area contributed by atoms with Gasteiger partial charge in [0.15, 0.2) is 0 Å². The molecule has 0 spiro atoms. The molecule has 4 heteroatoms. The summed E-state index contributed by atoms with van der Waals surface area (Å²) in [4.78, 5) is 26.7. The van der Waals surface area contributed by atoms with Gasteiger partial charge in [-0.1, -0.05) is 35.4 Å². The van der Waals surface area contributed by atoms with E-state index in [9.17, 15) is 9.59 Å². The van der Waals surface area contributed by atoms with Crippen LogP contribution in [0.2, 0.25) is 0 Å². The van der Waals surface area contributed by atoms with Gasteiger partial charge in [0.25, 0.3) is 5.91 Å². The molecule has 23 heavy (non-hydrogen) atoms. The predicted octanol–water partition coefficient (Wildman–Crippen LogP) is 2.84. The fourth-order valence-electron chi connectivity index (χ4n) is 3.03. The number of para-hydroxylation sites is 1. The summed E-state index contributed by atoms with van der Waals surface area (Å²) in [6, 6.07) is 14.8. The van der Waals surface area contributed by atoms with Crippen LogP contribution in [0.5, 0.6) is 0 Å². The van der Waals surface area contributed by atoms with Gasteiger partial charge in [0.2, 0.25) is 5.91 Å². The molecule has 0 radical (unpaired) electrons. The number of benzene rings is 2. The first-order valence-corrected chi connectivity index (χ1v) is 7.80. The number of rotatable bonds is 3. The molecule has 1 atom stereocenters. The minimum Gasteiger partial charge on any atom is -0.340 e. The molecule has 3 rings (SSSR count). The summed E-state index contributed by atoms with van der Waals surface area (Å²) in [7, 11) is 0. The first-order valence-electron chi connectivity index (χ1n) is 7.80. The van der Waals surface area contributed by atoms with E-state index in [-0.39, 0.29) is 11.8 Å². The minimum atomic E-state index is -0.455. The van der Waals surface area contributed by atoms with Crippen LogP contribution >= 0.6 is 0 Å². The van der Waals surface area contributed by atoms with E-state index in [1.807, 2.05) is 62.4 Å². The molecule has 1 aliphatic heterocycles. The summed E-state index contributed by atoms with van der Waals surface area (Å²) in [5, 5.41) is 2.87. The highest BCUT2D eigenvalue weighted by atomic mass is 16.2. The van der Waals surface area contributed by atoms with Gasteiger partial charge < -0.3 is 10.2 Å². The Morgan fingerprint density at radius 3 is 2.39 bits per heavy atom. The van der Waals surface area contributed by atoms with Crippen LogP contribution in [0.1, 0.15) is 27.9 Å². The Morgan fingerprint density at radius 1 is 1.09 bits per heavy atom. The highest BCUT2D eigenvalue weighted by molar-refractivity contribution is 6.04. The first-order chi connectivity index (χ1) is 11.0. The van der Waals surface area contributed by atoms with Crippen LogP contribution in [0.4, 0.5) is 5.69 Å². The van der Waals surface area contributed by atoms with Crippen molar-refractivity contribution in [2.24, 2.45) is 0 Å². The van der Waals surface area contributed by atoms with Gasteiger partial charge in [-0.2, -0.15) is 0 Å². The Balaban J connectivity index is 1.71. The smallest absolute Gasteiger partial charge is 0.251 e. The molecule has 0 saturated carbocycles. The van der Waals surface area contributed by atoms with Crippen LogP contribution in [0, 0.1) is 13.8 Å². The van der Waals surface area contributed by atoms with Gasteiger partial charge in [-0.3, -0.25) is 9.59 Å². The Morgan fingerprint density at radius 2 is 1.74 bits per heavy atom. The zero-order valence-electron chi connectivity index (χ0n) is 13.4. The summed E-state index contributed by atoms with van der Waals surface area (Å²) in [5.41, 5.74) is 3.56. The van der Waals surface area contributed by atoms with Crippen molar-refractivity contribution in [1.29, 1.82) is 0 Å². The number of hydrogen-bond acceptors (Lipinski definition) is 2. The second-order valence-corrected chi connectivity index (χ2v) is 6.02. The van der Waals surface area contributed by atoms with Crippen molar-refractivity contribution in [3.63, 3.8) is 0 Å². The average molecular weight is 308 g/mol. The third-order valence-electron chi connectivity index (χ3n) is 4.06. The van der Waals surface area contributed by atoms with Crippen molar-refractivity contribution in [2.75, 3.05) is 11.4 Å². The Bertz CT molecular complexity index is 720. The molecule has 118 valence electrons. The number of nitrogens with zero attached hydrogens (tertiary/aromatic N) is 1. The normalized spacial score (nSPS) is 17.4. The van der Waals surface area contributed by atoms with Crippen LogP contribution in [0.25, 0.3) is 0 Å². The van der Waals surface area contributed by atoms with E-state index in [0.717, 1.165) is 16.8 Å². The van der Waals surface area contributed by atoms with Gasteiger partial charge in [-0.25, -0.2) is 0 Å². The van der Waals surface area contributed by atoms with Crippen molar-refractivity contribution < 1.29 is 9.59 Å². The first kappa shape index (κ1) is 15.3. The maximum atomic E-state index is 12.5. The standard InChI is InChI=1S/C19H20N2O2/c1-13-10-14(2)12-15(11-13)18(22)20-17-8-9-21(19(17)23)16-6-4-3-5-7-16/h3-7,10-12,17H,8-9H2,1-2H3,(H,20,22). The van der Waals surface area contributed by atoms with Crippen LogP contribution in [-0.2, 0) is 4.79 Å². The quantitative estimate of drug-likeness (QED) is 0.948. The van der Waals surface area contributed by atoms with E-state index in [4.69, 9.17) is 0 Å². The van der Waals surface area contributed by atoms with Crippen LogP contribution in [0.3, 0.4) is 0 Å². The molecule has 1 N–H and O–H groups in total. The minimum absolute atomic E-state index is 0.0473. The lowest BCUT2D eigenvalue weighted by Crippen LogP contribution is -2.41. The van der Waals surface area contributed by atoms with Gasteiger partial charge >= 0.3 is 0 Å². The van der Waals surface area contributed by atoms with E-state index in [1.165, 1.54) is 0 Å². The van der Waals surface area contributed by atoms with Gasteiger partial charge in [0, 0.05) is 17.8 Å². The van der Waals surface area contributed by atoms with E-state index in [0.29, 0.717) is 18.5 Å². The molecular formula is C19H20N2O2. The number of carbonyl (C=O) groups is 2. The molecule has 1 unspecified atom stereocenters. The molecular weight excluding hydrogens is 288 g/mol. The van der Waals surface area contributed by atoms with Gasteiger partial charge in [-0.05, 0) is 44.5 Å². The molecule has 2 amide bonds. The summed E-state index contributed by atoms with van der Waals surface area (Å²) in [6.45, 7) is 4.55. The maximum absolute atomic E-state index is 12.5. The molecule has 1 saturated heterocycles. The van der Waals surface area contributed by atoms with Gasteiger partial charge in [-0.15, -0.1) is 0 Å². The SMILES string of the molecule is Cc1cc(C)cc(C(=O)NC2CCN(c3ccccc3)C2=O)c1. The second kappa shape index (κ2) is 6.24. The fraction of sp³-hybridized carbons (Fsp3) is 0.263. The molecule has 1 heterocycles. The Kier molecular flexibility index (Phi) is 4.15. The molecule has 4 nitrogen and oxygen atoms in total. The van der Waals surface area contributed by atoms with Gasteiger partial charge in [0.1, 0.15) is 6.04 Å². The maximum Gasteiger partial charge on any atom is 0.251 e. The third-order valence-corrected chi connectivity index (χ3v) is 4.06. The fourth-order valence-corrected chi connectivity index (χ4v) is 3.03. The number of amides is 2. The zero-order chi connectivity index (χ0) is 16.4. The van der Waals surface area contributed by atoms with Crippen molar-refractivity contribution in [3.8, 4) is 0 Å². The topological polar surface area (TPSA) is 49.4 Å². The summed E-state index contributed by atoms with van der Waals surface area (Å²) in [5.74, 6) is -0.237. The number of aryl methyl sites for hydroxylation is 2. The van der Waals surface area contributed by atoms with Crippen LogP contribution in [-0.4, -0.2) is 24.4 Å². The van der Waals surface area contributed by atoms with E-state index in [1.54, 1.807) is 4.90 Å². The number of nitrogens with one attached hydrogen (secondary N) is 1. The second-order valence-electron chi connectivity index (χ2n) is 6.02. The molecule has 1 aliphatic rings. The number of carbonyl (C=O) groups excluding carboxylic acids is 2. The van der Waals surface area contributed by atoms with Crippen molar-refractivity contribution >= 4 is 17.5 Å². The van der Waals surface area contributed by atoms with Crippen LogP contribution in [0.15, 0.2) is 48.5 Å². The lowest BCUT2D eigenvalue weighted by Gasteiger charge is -2.17. The zero-order valence-corrected chi connectivity index (χ0v) is 13.4. The molecule has 1 fully saturated rings. The highest BCUT2D eigenvalue weighted by Gasteiger charge is 2.33. The van der Waals surface area contributed by atoms with E-state index >= 15 is 0 Å². The third kappa shape index (κ3) is 3.26. The highest BCUT2D eigenvalue weighted by Crippen LogP contribution is 2.21. The molecule has 0 aromatic heterocycles. The van der Waals surface area contributed by atoms with Crippen molar-refractivity contribution in [2.45, 2.75) is 26.3 Å². The Labute approximate surface area is 136 Å². The lowest BCUT2D eigenvalue weighted by molar-refractivity contribution is -0.118. The summed E-state index contributed by atoms with van der Waals surface area (Å²) < 4.78 is 0. The predicted molar refractivity (Wildman–Crippen MR) is 90.6 cm³/mol. The van der Waals surface area contributed by atoms with Crippen LogP contribution < -0.4 is 10.2 Å². The monoisotopic (exact) mass is 308 g/mol. The Hall–Kier alpha value is -2.62. The van der Waals surface area contributed by atoms with Crippen molar-refractivity contribution in [1.82, 2.24) is 5.32 Å². The van der Waals surface area contributed by atoms with E-state index < -0.39 is 6.04 Å². The molecule has 0 bridgehead atoms. The largest absolute Gasteiger partial charge is 0.340 e. The number of anilines is 1. The summed E-state index contributed by atoms with van der Waals surface area (Å²) >= 11 is 0. The van der Waals surface area contributed by atoms with Gasteiger partial charge in [0.05, 0.1) is 0 Å². The molecule has 2 aromatic rings. The average Bonchev–Trinajstić information content (AvgIpc) is 2.88. The van der Waals surface area contributed by atoms with Crippen molar-refractivity contribution in [3.05, 3.63) is 65.2 Å². The van der Waals surface area contributed by atoms with E-state index in [2.05, 4.69) is 5.32 Å².